The van der Waals surface area contributed by atoms with Crippen LogP contribution in [0.4, 0.5) is 0 Å². The molecule has 4 unspecified atom stereocenters. The van der Waals surface area contributed by atoms with Crippen LogP contribution < -0.4 is 0 Å². The molecule has 2 aromatic rings. The summed E-state index contributed by atoms with van der Waals surface area (Å²) in [6.07, 6.45) is 18.6. The number of aromatic carboxylic acids is 2. The molecule has 0 bridgehead atoms. The van der Waals surface area contributed by atoms with E-state index in [4.69, 9.17) is 9.47 Å². The standard InChI is InChI=1S/2C24H38O4/c1-5-9-11-19(7-3)17-27-23(25)21-13-15-22(16-14-21)24(26)28-18-20(8-4)12-10-6-2;1-5-9-11-17(7-3)15-21-19(23(25)26)13-14-20(24(27)28)22(21)16-18(8-4)12-10-6-2/h13-16,19-20H,5-12,17-18H2,1-4H3;13-14,17-18H,5-12,15-16H2,1-4H3,(H,25,26)(H,27,28). The Hall–Kier alpha value is -3.68. The highest BCUT2D eigenvalue weighted by Gasteiger charge is 2.25. The molecule has 0 aliphatic carbocycles. The van der Waals surface area contributed by atoms with Crippen molar-refractivity contribution in [2.24, 2.45) is 23.7 Å². The summed E-state index contributed by atoms with van der Waals surface area (Å²) in [5.41, 5.74) is 3.00. The van der Waals surface area contributed by atoms with Crippen molar-refractivity contribution in [3.63, 3.8) is 0 Å². The normalized spacial score (nSPS) is 13.1. The number of carboxylic acid groups (broad SMARTS) is 2. The molecule has 0 spiro atoms. The minimum absolute atomic E-state index is 0.278. The Balaban J connectivity index is 0.000000560. The number of carboxylic acids is 2. The summed E-state index contributed by atoms with van der Waals surface area (Å²) in [6, 6.07) is 9.54. The van der Waals surface area contributed by atoms with Crippen LogP contribution in [-0.4, -0.2) is 47.3 Å². The molecule has 0 aromatic heterocycles. The smallest absolute Gasteiger partial charge is 0.338 e. The molecular formula is C48H76O8. The van der Waals surface area contributed by atoms with Gasteiger partial charge in [-0.3, -0.25) is 0 Å². The van der Waals surface area contributed by atoms with E-state index in [0.717, 1.165) is 114 Å². The first kappa shape index (κ1) is 50.3. The summed E-state index contributed by atoms with van der Waals surface area (Å²) >= 11 is 0. The van der Waals surface area contributed by atoms with E-state index >= 15 is 0 Å². The Morgan fingerprint density at radius 3 is 1.00 bits per heavy atom. The number of esters is 2. The van der Waals surface area contributed by atoms with Crippen LogP contribution in [0.2, 0.25) is 0 Å². The fraction of sp³-hybridized carbons (Fsp3) is 0.667. The van der Waals surface area contributed by atoms with Crippen molar-refractivity contribution < 1.29 is 38.9 Å². The molecule has 316 valence electrons. The number of hydrogen-bond acceptors (Lipinski definition) is 6. The molecule has 0 saturated carbocycles. The zero-order chi connectivity index (χ0) is 41.9. The van der Waals surface area contributed by atoms with Crippen LogP contribution in [0.1, 0.15) is 211 Å². The van der Waals surface area contributed by atoms with Gasteiger partial charge in [0.25, 0.3) is 0 Å². The van der Waals surface area contributed by atoms with Gasteiger partial charge in [-0.2, -0.15) is 0 Å². The van der Waals surface area contributed by atoms with E-state index < -0.39 is 11.9 Å². The van der Waals surface area contributed by atoms with Gasteiger partial charge in [0.15, 0.2) is 0 Å². The van der Waals surface area contributed by atoms with Gasteiger partial charge in [-0.05, 0) is 96.9 Å². The van der Waals surface area contributed by atoms with E-state index in [9.17, 15) is 29.4 Å². The van der Waals surface area contributed by atoms with Crippen molar-refractivity contribution in [2.45, 2.75) is 171 Å². The molecule has 0 radical (unpaired) electrons. The average molecular weight is 781 g/mol. The first-order chi connectivity index (χ1) is 26.9. The maximum Gasteiger partial charge on any atom is 0.338 e. The van der Waals surface area contributed by atoms with Crippen molar-refractivity contribution in [1.29, 1.82) is 0 Å². The average Bonchev–Trinajstić information content (AvgIpc) is 3.21. The van der Waals surface area contributed by atoms with Crippen molar-refractivity contribution in [3.05, 3.63) is 69.8 Å². The summed E-state index contributed by atoms with van der Waals surface area (Å²) < 4.78 is 10.9. The van der Waals surface area contributed by atoms with Crippen LogP contribution in [0, 0.1) is 23.7 Å². The second kappa shape index (κ2) is 29.5. The Morgan fingerprint density at radius 1 is 0.464 bits per heavy atom. The third kappa shape index (κ3) is 18.5. The van der Waals surface area contributed by atoms with Gasteiger partial charge in [-0.1, -0.05) is 145 Å². The molecule has 2 aromatic carbocycles. The highest BCUT2D eigenvalue weighted by atomic mass is 16.5. The van der Waals surface area contributed by atoms with Gasteiger partial charge in [0.2, 0.25) is 0 Å². The Bertz CT molecular complexity index is 1310. The summed E-state index contributed by atoms with van der Waals surface area (Å²) in [5.74, 6) is -0.982. The molecule has 0 amide bonds. The van der Waals surface area contributed by atoms with Crippen molar-refractivity contribution in [1.82, 2.24) is 0 Å². The lowest BCUT2D eigenvalue weighted by molar-refractivity contribution is 0.0414. The van der Waals surface area contributed by atoms with Crippen LogP contribution in [0.3, 0.4) is 0 Å². The Kier molecular flexibility index (Phi) is 26.6. The number of hydrogen-bond donors (Lipinski definition) is 2. The van der Waals surface area contributed by atoms with Crippen molar-refractivity contribution in [2.75, 3.05) is 13.2 Å². The maximum atomic E-state index is 12.2. The predicted molar refractivity (Wildman–Crippen MR) is 228 cm³/mol. The summed E-state index contributed by atoms with van der Waals surface area (Å²) in [4.78, 5) is 48.3. The first-order valence-electron chi connectivity index (χ1n) is 22.0. The van der Waals surface area contributed by atoms with E-state index in [1.165, 1.54) is 12.1 Å². The summed E-state index contributed by atoms with van der Waals surface area (Å²) in [6.45, 7) is 18.1. The highest BCUT2D eigenvalue weighted by Crippen LogP contribution is 2.30. The molecule has 0 saturated heterocycles. The minimum atomic E-state index is -0.958. The van der Waals surface area contributed by atoms with Crippen LogP contribution >= 0.6 is 0 Å². The fourth-order valence-electron chi connectivity index (χ4n) is 7.12. The molecule has 2 N–H and O–H groups in total. The van der Waals surface area contributed by atoms with Gasteiger partial charge in [0, 0.05) is 0 Å². The van der Waals surface area contributed by atoms with Crippen LogP contribution in [0.5, 0.6) is 0 Å². The zero-order valence-corrected chi connectivity index (χ0v) is 36.3. The molecule has 0 aliphatic heterocycles. The minimum Gasteiger partial charge on any atom is -0.478 e. The molecule has 0 fully saturated rings. The topological polar surface area (TPSA) is 127 Å². The second-order valence-electron chi connectivity index (χ2n) is 15.6. The molecule has 0 heterocycles. The molecule has 0 aliphatic rings. The van der Waals surface area contributed by atoms with Gasteiger partial charge in [0.05, 0.1) is 35.5 Å². The molecule has 8 heteroatoms. The van der Waals surface area contributed by atoms with Gasteiger partial charge >= 0.3 is 23.9 Å². The predicted octanol–water partition coefficient (Wildman–Crippen LogP) is 13.0. The summed E-state index contributed by atoms with van der Waals surface area (Å²) in [5, 5.41) is 19.5. The number of carbonyl (C=O) groups is 4. The Labute approximate surface area is 339 Å². The number of rotatable bonds is 28. The van der Waals surface area contributed by atoms with Crippen LogP contribution in [0.25, 0.3) is 0 Å². The zero-order valence-electron chi connectivity index (χ0n) is 36.3. The lowest BCUT2D eigenvalue weighted by Gasteiger charge is -2.23. The van der Waals surface area contributed by atoms with Crippen LogP contribution in [-0.2, 0) is 22.3 Å². The number of ether oxygens (including phenoxy) is 2. The maximum absolute atomic E-state index is 12.2. The van der Waals surface area contributed by atoms with Gasteiger partial charge < -0.3 is 19.7 Å². The van der Waals surface area contributed by atoms with E-state index in [0.29, 0.717) is 60.9 Å². The third-order valence-corrected chi connectivity index (χ3v) is 11.3. The van der Waals surface area contributed by atoms with Gasteiger partial charge in [-0.25, -0.2) is 19.2 Å². The van der Waals surface area contributed by atoms with Crippen LogP contribution in [0.15, 0.2) is 36.4 Å². The quantitative estimate of drug-likeness (QED) is 0.0817. The number of unbranched alkanes of at least 4 members (excludes halogenated alkanes) is 4. The van der Waals surface area contributed by atoms with Crippen molar-refractivity contribution in [3.8, 4) is 0 Å². The molecular weight excluding hydrogens is 705 g/mol. The molecule has 56 heavy (non-hydrogen) atoms. The third-order valence-electron chi connectivity index (χ3n) is 11.3. The fourth-order valence-corrected chi connectivity index (χ4v) is 7.12. The van der Waals surface area contributed by atoms with Crippen molar-refractivity contribution >= 4 is 23.9 Å². The largest absolute Gasteiger partial charge is 0.478 e. The lowest BCUT2D eigenvalue weighted by atomic mass is 9.81. The Morgan fingerprint density at radius 2 is 0.750 bits per heavy atom. The summed E-state index contributed by atoms with van der Waals surface area (Å²) in [7, 11) is 0. The van der Waals surface area contributed by atoms with Gasteiger partial charge in [-0.15, -0.1) is 0 Å². The molecule has 4 atom stereocenters. The molecule has 8 nitrogen and oxygen atoms in total. The number of carbonyl (C=O) groups excluding carboxylic acids is 2. The molecule has 2 rings (SSSR count). The lowest BCUT2D eigenvalue weighted by Crippen LogP contribution is -2.18. The first-order valence-corrected chi connectivity index (χ1v) is 22.0. The van der Waals surface area contributed by atoms with Gasteiger partial charge in [0.1, 0.15) is 0 Å². The van der Waals surface area contributed by atoms with E-state index in [1.54, 1.807) is 24.3 Å². The van der Waals surface area contributed by atoms with E-state index in [-0.39, 0.29) is 23.1 Å². The monoisotopic (exact) mass is 781 g/mol. The second-order valence-corrected chi connectivity index (χ2v) is 15.6. The van der Waals surface area contributed by atoms with E-state index in [1.807, 2.05) is 0 Å². The SMILES string of the molecule is CCCCC(CC)COC(=O)c1ccc(C(=O)OCC(CC)CCCC)cc1.CCCCC(CC)Cc1c(C(=O)O)ccc(C(=O)O)c1CC(CC)CCCC. The highest BCUT2D eigenvalue weighted by molar-refractivity contribution is 5.95. The van der Waals surface area contributed by atoms with E-state index in [2.05, 4.69) is 55.4 Å². The number of benzene rings is 2.